The number of esters is 1. The number of carbonyl (C=O) groups excluding carboxylic acids is 1. The van der Waals surface area contributed by atoms with Gasteiger partial charge in [-0.3, -0.25) is 4.79 Å². The minimum Gasteiger partial charge on any atom is -0.432 e. The molecule has 430 valence electrons. The van der Waals surface area contributed by atoms with E-state index in [1.807, 2.05) is 0 Å². The summed E-state index contributed by atoms with van der Waals surface area (Å²) < 4.78 is 46.9. The van der Waals surface area contributed by atoms with E-state index in [4.69, 9.17) is 37.9 Å². The zero-order valence-corrected chi connectivity index (χ0v) is 44.4. The van der Waals surface area contributed by atoms with Gasteiger partial charge < -0.3 is 104 Å². The molecule has 0 radical (unpaired) electrons. The van der Waals surface area contributed by atoms with Crippen LogP contribution >= 0.6 is 0 Å². The van der Waals surface area contributed by atoms with Gasteiger partial charge in [0.05, 0.1) is 43.5 Å². The number of rotatable bonds is 10. The van der Waals surface area contributed by atoms with E-state index in [9.17, 15) is 66.4 Å². The molecule has 28 atom stereocenters. The van der Waals surface area contributed by atoms with Crippen LogP contribution in [0.5, 0.6) is 0 Å². The lowest BCUT2D eigenvalue weighted by atomic mass is 9.33. The Hall–Kier alpha value is -1.59. The SMILES string of the molecule is C[C@@H]1O[C@@H](O[C@H]2[C@H](O)[C@@H](O)[C@H](OC[C@H]3O[C@@H](OC(=O)[C@]45CCC(C)(C)C[C@H]4C4=CC[C@@H]6[C@@]7(C)CC[C@H](O[C@@H]8OC[C@H](O)[C@H](O)[C@H]8O)C(C)(C)[C@@H]7C[C@@H](O)[C@@]6(C)[C@]4(C)CC5)[C@H](O)[C@@H](O)[C@@H]3O)O[C@@H]2CO)[C@H](O)[C@H](O)[C@H]1O. The van der Waals surface area contributed by atoms with Crippen LogP contribution in [0.25, 0.3) is 0 Å². The van der Waals surface area contributed by atoms with Gasteiger partial charge in [0.15, 0.2) is 18.9 Å². The molecule has 0 bridgehead atoms. The molecule has 4 heterocycles. The molecule has 5 aliphatic carbocycles. The zero-order chi connectivity index (χ0) is 54.9. The number of aliphatic hydroxyl groups excluding tert-OH is 13. The number of hydrogen-bond donors (Lipinski definition) is 13. The third kappa shape index (κ3) is 9.40. The van der Waals surface area contributed by atoms with Crippen molar-refractivity contribution in [2.75, 3.05) is 19.8 Å². The Balaban J connectivity index is 0.903. The molecule has 0 unspecified atom stereocenters. The van der Waals surface area contributed by atoms with Gasteiger partial charge in [0, 0.05) is 5.41 Å². The van der Waals surface area contributed by atoms with E-state index in [2.05, 4.69) is 54.5 Å². The molecule has 4 saturated carbocycles. The summed E-state index contributed by atoms with van der Waals surface area (Å²) in [5.74, 6) is -0.936. The molecule has 9 aliphatic rings. The van der Waals surface area contributed by atoms with Crippen LogP contribution in [0.2, 0.25) is 0 Å². The third-order valence-corrected chi connectivity index (χ3v) is 21.1. The van der Waals surface area contributed by atoms with E-state index in [-0.39, 0.29) is 41.3 Å². The van der Waals surface area contributed by atoms with Gasteiger partial charge in [-0.05, 0) is 104 Å². The highest BCUT2D eigenvalue weighted by Gasteiger charge is 2.72. The zero-order valence-electron chi connectivity index (χ0n) is 44.4. The maximum absolute atomic E-state index is 15.1. The first-order valence-electron chi connectivity index (χ1n) is 27.2. The second-order valence-electron chi connectivity index (χ2n) is 25.9. The van der Waals surface area contributed by atoms with Crippen molar-refractivity contribution in [1.29, 1.82) is 0 Å². The van der Waals surface area contributed by atoms with Crippen molar-refractivity contribution in [3.63, 3.8) is 0 Å². The highest BCUT2D eigenvalue weighted by molar-refractivity contribution is 5.79. The van der Waals surface area contributed by atoms with Crippen LogP contribution in [-0.4, -0.2) is 221 Å². The van der Waals surface area contributed by atoms with E-state index in [1.54, 1.807) is 0 Å². The normalized spacial score (nSPS) is 54.5. The van der Waals surface area contributed by atoms with Crippen LogP contribution in [0.15, 0.2) is 11.6 Å². The van der Waals surface area contributed by atoms with Crippen molar-refractivity contribution >= 4 is 5.97 Å². The van der Waals surface area contributed by atoms with Crippen molar-refractivity contribution in [3.8, 4) is 0 Å². The molecule has 22 heteroatoms. The van der Waals surface area contributed by atoms with Crippen LogP contribution in [0.4, 0.5) is 0 Å². The second kappa shape index (κ2) is 20.7. The lowest BCUT2D eigenvalue weighted by Crippen LogP contribution is -2.69. The Morgan fingerprint density at radius 2 is 1.28 bits per heavy atom. The van der Waals surface area contributed by atoms with Crippen LogP contribution in [0, 0.1) is 50.2 Å². The van der Waals surface area contributed by atoms with Crippen molar-refractivity contribution < 1.29 is 109 Å². The first-order chi connectivity index (χ1) is 35.0. The number of carbonyl (C=O) groups is 1. The molecule has 0 aromatic heterocycles. The van der Waals surface area contributed by atoms with Gasteiger partial charge in [-0.2, -0.15) is 0 Å². The Labute approximate surface area is 437 Å². The fourth-order valence-electron chi connectivity index (χ4n) is 16.0. The Kier molecular flexibility index (Phi) is 16.1. The molecule has 4 saturated heterocycles. The Morgan fingerprint density at radius 3 is 1.97 bits per heavy atom. The highest BCUT2D eigenvalue weighted by Crippen LogP contribution is 2.76. The van der Waals surface area contributed by atoms with Crippen molar-refractivity contribution in [2.24, 2.45) is 50.2 Å². The molecule has 0 aromatic carbocycles. The summed E-state index contributed by atoms with van der Waals surface area (Å²) in [7, 11) is 0. The summed E-state index contributed by atoms with van der Waals surface area (Å²) in [6.07, 6.45) is -23.4. The minimum atomic E-state index is -1.89. The summed E-state index contributed by atoms with van der Waals surface area (Å²) in [5, 5.41) is 141. The maximum Gasteiger partial charge on any atom is 0.315 e. The summed E-state index contributed by atoms with van der Waals surface area (Å²) in [4.78, 5) is 15.1. The van der Waals surface area contributed by atoms with E-state index in [0.717, 1.165) is 12.0 Å². The predicted molar refractivity (Wildman–Crippen MR) is 257 cm³/mol. The van der Waals surface area contributed by atoms with Crippen LogP contribution < -0.4 is 0 Å². The van der Waals surface area contributed by atoms with Crippen molar-refractivity contribution in [1.82, 2.24) is 0 Å². The summed E-state index contributed by atoms with van der Waals surface area (Å²) >= 11 is 0. The monoisotopic (exact) mass is 1070 g/mol. The summed E-state index contributed by atoms with van der Waals surface area (Å²) in [6.45, 7) is 15.2. The van der Waals surface area contributed by atoms with Crippen molar-refractivity contribution in [2.45, 2.75) is 242 Å². The number of fused-ring (bicyclic) bond motifs is 7. The lowest BCUT2D eigenvalue weighted by Gasteiger charge is -2.72. The average Bonchev–Trinajstić information content (AvgIpc) is 3.36. The predicted octanol–water partition coefficient (Wildman–Crippen LogP) is -1.40. The molecule has 0 spiro atoms. The van der Waals surface area contributed by atoms with Crippen molar-refractivity contribution in [3.05, 3.63) is 11.6 Å². The van der Waals surface area contributed by atoms with Gasteiger partial charge in [0.2, 0.25) is 6.29 Å². The maximum atomic E-state index is 15.1. The fraction of sp³-hybridized carbons (Fsp3) is 0.943. The van der Waals surface area contributed by atoms with Gasteiger partial charge in [0.25, 0.3) is 0 Å². The van der Waals surface area contributed by atoms with E-state index in [1.165, 1.54) is 6.92 Å². The van der Waals surface area contributed by atoms with Gasteiger partial charge in [-0.25, -0.2) is 0 Å². The van der Waals surface area contributed by atoms with E-state index < -0.39 is 164 Å². The fourth-order valence-corrected chi connectivity index (χ4v) is 16.0. The molecule has 13 N–H and O–H groups in total. The molecular weight excluding hydrogens is 989 g/mol. The minimum absolute atomic E-state index is 0.00515. The Morgan fingerprint density at radius 1 is 0.653 bits per heavy atom. The summed E-state index contributed by atoms with van der Waals surface area (Å²) in [5.41, 5.74) is -2.10. The third-order valence-electron chi connectivity index (χ3n) is 21.1. The molecule has 75 heavy (non-hydrogen) atoms. The highest BCUT2D eigenvalue weighted by atomic mass is 16.8. The number of aliphatic hydroxyl groups is 13. The number of hydrogen-bond acceptors (Lipinski definition) is 22. The Bertz CT molecular complexity index is 2080. The van der Waals surface area contributed by atoms with E-state index in [0.29, 0.717) is 51.4 Å². The quantitative estimate of drug-likeness (QED) is 0.0680. The van der Waals surface area contributed by atoms with E-state index >= 15 is 4.79 Å². The standard InChI is InChI=1S/C53H86O22/c1-22-32(57)35(60)39(64)45(70-22)74-42-26(19-54)71-43(41(66)37(42)62)69-21-27-34(59)36(61)40(65)46(72-27)75-47(67)53-15-13-48(2,3)18-24(53)23-9-10-28-50(6)12-11-31(73-44-38(63)33(58)25(55)20-68-44)49(4,5)29(50)17-30(56)52(28,8)51(23,7)14-16-53/h9,22,24-46,54-66H,10-21H2,1-8H3/t22-,24-,25-,26+,27+,28+,29-,30+,31-,32-,33-,34+,35+,36-,37+,38+,39+,40+,41+,42+,43+,44-,45-,46-,50+,51+,52-,53-/m0/s1. The lowest BCUT2D eigenvalue weighted by molar-refractivity contribution is -0.361. The second-order valence-corrected chi connectivity index (χ2v) is 25.9. The largest absolute Gasteiger partial charge is 0.432 e. The van der Waals surface area contributed by atoms with Crippen LogP contribution in [0.3, 0.4) is 0 Å². The van der Waals surface area contributed by atoms with Gasteiger partial charge in [0.1, 0.15) is 85.5 Å². The molecule has 0 amide bonds. The van der Waals surface area contributed by atoms with Gasteiger partial charge in [-0.15, -0.1) is 0 Å². The molecule has 8 fully saturated rings. The van der Waals surface area contributed by atoms with Gasteiger partial charge in [-0.1, -0.05) is 60.1 Å². The first-order valence-corrected chi connectivity index (χ1v) is 27.2. The van der Waals surface area contributed by atoms with Crippen LogP contribution in [-0.2, 0) is 42.7 Å². The average molecular weight is 1080 g/mol. The summed E-state index contributed by atoms with van der Waals surface area (Å²) in [6, 6.07) is 0. The number of allylic oxidation sites excluding steroid dienone is 2. The molecule has 4 aliphatic heterocycles. The van der Waals surface area contributed by atoms with Crippen LogP contribution in [0.1, 0.15) is 113 Å². The topological polar surface area (TPSA) is 354 Å². The molecular formula is C53H86O22. The smallest absolute Gasteiger partial charge is 0.315 e. The molecule has 9 rings (SSSR count). The van der Waals surface area contributed by atoms with Gasteiger partial charge >= 0.3 is 5.97 Å². The first kappa shape index (κ1) is 58.1. The number of ether oxygens (including phenoxy) is 8. The molecule has 22 nitrogen and oxygen atoms in total. The molecule has 0 aromatic rings.